The van der Waals surface area contributed by atoms with Crippen molar-refractivity contribution in [3.63, 3.8) is 0 Å². The number of thioether (sulfide) groups is 1. The highest BCUT2D eigenvalue weighted by Gasteiger charge is 2.47. The molecule has 0 bridgehead atoms. The first kappa shape index (κ1) is 18.6. The van der Waals surface area contributed by atoms with Crippen molar-refractivity contribution >= 4 is 23.5 Å². The highest BCUT2D eigenvalue weighted by Crippen LogP contribution is 2.49. The van der Waals surface area contributed by atoms with E-state index < -0.39 is 5.66 Å². The zero-order valence-corrected chi connectivity index (χ0v) is 17.6. The zero-order valence-electron chi connectivity index (χ0n) is 16.8. The van der Waals surface area contributed by atoms with Gasteiger partial charge in [-0.1, -0.05) is 56.0 Å². The Morgan fingerprint density at radius 1 is 1.14 bits per heavy atom. The van der Waals surface area contributed by atoms with Gasteiger partial charge in [-0.05, 0) is 71.9 Å². The van der Waals surface area contributed by atoms with Gasteiger partial charge in [0.2, 0.25) is 0 Å². The molecule has 4 heteroatoms. The molecule has 2 aromatic rings. The predicted molar refractivity (Wildman–Crippen MR) is 122 cm³/mol. The van der Waals surface area contributed by atoms with Gasteiger partial charge in [0.25, 0.3) is 0 Å². The number of fused-ring (bicyclic) bond motifs is 3. The molecule has 1 atom stereocenters. The van der Waals surface area contributed by atoms with Gasteiger partial charge in [0.15, 0.2) is 0 Å². The minimum absolute atomic E-state index is 0.212. The van der Waals surface area contributed by atoms with Crippen LogP contribution in [-0.4, -0.2) is 10.8 Å². The molecule has 2 heterocycles. The molecule has 0 amide bonds. The monoisotopic (exact) mass is 402 g/mol. The normalized spacial score (nSPS) is 24.6. The molecule has 0 spiro atoms. The molecule has 2 aromatic carbocycles. The molecule has 148 valence electrons. The Bertz CT molecular complexity index is 1100. The van der Waals surface area contributed by atoms with Crippen LogP contribution in [0.15, 0.2) is 75.6 Å². The molecule has 4 N–H and O–H groups in total. The van der Waals surface area contributed by atoms with Crippen LogP contribution in [0.25, 0.3) is 6.08 Å². The SMILES string of the molecule is CC1(C)c2ccccc2NC1(N)C=CC1=C2Sc3cc(O)ccc3C=C2CCC1. The van der Waals surface area contributed by atoms with Crippen molar-refractivity contribution in [2.24, 2.45) is 5.73 Å². The number of para-hydroxylation sites is 1. The van der Waals surface area contributed by atoms with E-state index in [0.717, 1.165) is 29.8 Å². The van der Waals surface area contributed by atoms with Crippen LogP contribution in [0, 0.1) is 0 Å². The molecule has 2 aliphatic heterocycles. The Labute approximate surface area is 176 Å². The number of benzene rings is 2. The van der Waals surface area contributed by atoms with E-state index in [1.54, 1.807) is 17.8 Å². The van der Waals surface area contributed by atoms with Gasteiger partial charge in [-0.25, -0.2) is 0 Å². The minimum Gasteiger partial charge on any atom is -0.508 e. The number of allylic oxidation sites excluding steroid dienone is 3. The van der Waals surface area contributed by atoms with Gasteiger partial charge in [0.05, 0.1) is 0 Å². The van der Waals surface area contributed by atoms with Crippen molar-refractivity contribution in [2.75, 3.05) is 5.32 Å². The van der Waals surface area contributed by atoms with E-state index >= 15 is 0 Å². The van der Waals surface area contributed by atoms with Crippen molar-refractivity contribution < 1.29 is 5.11 Å². The van der Waals surface area contributed by atoms with Crippen LogP contribution in [0.5, 0.6) is 5.75 Å². The maximum absolute atomic E-state index is 9.89. The van der Waals surface area contributed by atoms with Gasteiger partial charge in [-0.2, -0.15) is 0 Å². The molecule has 1 aliphatic carbocycles. The quantitative estimate of drug-likeness (QED) is 0.582. The smallest absolute Gasteiger partial charge is 0.116 e. The molecular weight excluding hydrogens is 376 g/mol. The first-order valence-corrected chi connectivity index (χ1v) is 11.0. The van der Waals surface area contributed by atoms with E-state index in [1.807, 2.05) is 18.2 Å². The summed E-state index contributed by atoms with van der Waals surface area (Å²) in [4.78, 5) is 2.44. The summed E-state index contributed by atoms with van der Waals surface area (Å²) >= 11 is 1.77. The number of hydrogen-bond donors (Lipinski definition) is 3. The Kier molecular flexibility index (Phi) is 4.19. The number of phenols is 1. The molecule has 3 nitrogen and oxygen atoms in total. The molecule has 0 saturated heterocycles. The Balaban J connectivity index is 1.51. The van der Waals surface area contributed by atoms with Crippen LogP contribution in [0.2, 0.25) is 0 Å². The highest BCUT2D eigenvalue weighted by molar-refractivity contribution is 8.03. The lowest BCUT2D eigenvalue weighted by molar-refractivity contribution is 0.380. The van der Waals surface area contributed by atoms with E-state index in [9.17, 15) is 5.11 Å². The van der Waals surface area contributed by atoms with Crippen molar-refractivity contribution in [1.29, 1.82) is 0 Å². The summed E-state index contributed by atoms with van der Waals surface area (Å²) < 4.78 is 0. The third-order valence-corrected chi connectivity index (χ3v) is 7.84. The number of aromatic hydroxyl groups is 1. The molecule has 0 radical (unpaired) electrons. The van der Waals surface area contributed by atoms with Gasteiger partial charge in [-0.3, -0.25) is 0 Å². The van der Waals surface area contributed by atoms with Crippen molar-refractivity contribution in [2.45, 2.75) is 49.1 Å². The average molecular weight is 403 g/mol. The molecule has 5 rings (SSSR count). The molecule has 0 saturated carbocycles. The summed E-state index contributed by atoms with van der Waals surface area (Å²) in [6.45, 7) is 4.41. The topological polar surface area (TPSA) is 58.3 Å². The Hall–Kier alpha value is -2.43. The van der Waals surface area contributed by atoms with Crippen LogP contribution in [0.3, 0.4) is 0 Å². The third kappa shape index (κ3) is 2.93. The minimum atomic E-state index is -0.638. The Morgan fingerprint density at radius 2 is 1.97 bits per heavy atom. The fraction of sp³-hybridized carbons (Fsp3) is 0.280. The van der Waals surface area contributed by atoms with E-state index in [0.29, 0.717) is 5.75 Å². The third-order valence-electron chi connectivity index (χ3n) is 6.54. The average Bonchev–Trinajstić information content (AvgIpc) is 2.91. The number of hydrogen-bond acceptors (Lipinski definition) is 4. The molecule has 0 fully saturated rings. The standard InChI is InChI=1S/C25H26N2OS/c1-24(2)20-8-3-4-9-21(20)27-25(24,26)13-12-16-6-5-7-18-14-17-10-11-19(28)15-22(17)29-23(16)18/h3-4,8-15,27-28H,5-7,26H2,1-2H3. The summed E-state index contributed by atoms with van der Waals surface area (Å²) in [5.74, 6) is 0.317. The van der Waals surface area contributed by atoms with Crippen molar-refractivity contribution in [3.8, 4) is 5.75 Å². The summed E-state index contributed by atoms with van der Waals surface area (Å²) in [7, 11) is 0. The summed E-state index contributed by atoms with van der Waals surface area (Å²) in [5.41, 5.74) is 12.3. The van der Waals surface area contributed by atoms with Crippen LogP contribution < -0.4 is 11.1 Å². The van der Waals surface area contributed by atoms with Gasteiger partial charge >= 0.3 is 0 Å². The molecule has 3 aliphatic rings. The van der Waals surface area contributed by atoms with Crippen molar-refractivity contribution in [3.05, 3.63) is 81.8 Å². The zero-order chi connectivity index (χ0) is 20.2. The predicted octanol–water partition coefficient (Wildman–Crippen LogP) is 5.93. The lowest BCUT2D eigenvalue weighted by atomic mass is 9.76. The van der Waals surface area contributed by atoms with Gasteiger partial charge in [-0.15, -0.1) is 0 Å². The second-order valence-electron chi connectivity index (χ2n) is 8.70. The first-order chi connectivity index (χ1) is 13.9. The molecular formula is C25H26N2OS. The summed E-state index contributed by atoms with van der Waals surface area (Å²) in [5, 5.41) is 13.4. The number of nitrogens with two attached hydrogens (primary N) is 1. The maximum Gasteiger partial charge on any atom is 0.116 e. The van der Waals surface area contributed by atoms with Gasteiger partial charge in [0.1, 0.15) is 11.4 Å². The number of anilines is 1. The van der Waals surface area contributed by atoms with E-state index in [4.69, 9.17) is 5.73 Å². The summed E-state index contributed by atoms with van der Waals surface area (Å²) in [6, 6.07) is 14.0. The fourth-order valence-corrected chi connectivity index (χ4v) is 5.82. The van der Waals surface area contributed by atoms with Crippen LogP contribution in [-0.2, 0) is 5.41 Å². The maximum atomic E-state index is 9.89. The fourth-order valence-electron chi connectivity index (χ4n) is 4.58. The lowest BCUT2D eigenvalue weighted by Gasteiger charge is -2.36. The number of phenolic OH excluding ortho intramolecular Hbond substituents is 1. The van der Waals surface area contributed by atoms with Gasteiger partial charge in [0, 0.05) is 20.9 Å². The molecule has 1 unspecified atom stereocenters. The molecule has 29 heavy (non-hydrogen) atoms. The van der Waals surface area contributed by atoms with E-state index in [1.165, 1.54) is 27.2 Å². The van der Waals surface area contributed by atoms with Crippen LogP contribution in [0.1, 0.15) is 44.2 Å². The first-order valence-electron chi connectivity index (χ1n) is 10.2. The van der Waals surface area contributed by atoms with Crippen molar-refractivity contribution in [1.82, 2.24) is 0 Å². The van der Waals surface area contributed by atoms with Crippen LogP contribution in [0.4, 0.5) is 5.69 Å². The number of rotatable bonds is 2. The second-order valence-corrected chi connectivity index (χ2v) is 9.75. The number of nitrogens with one attached hydrogen (secondary N) is 1. The largest absolute Gasteiger partial charge is 0.508 e. The van der Waals surface area contributed by atoms with E-state index in [2.05, 4.69) is 55.6 Å². The highest BCUT2D eigenvalue weighted by atomic mass is 32.2. The van der Waals surface area contributed by atoms with Gasteiger partial charge < -0.3 is 16.2 Å². The summed E-state index contributed by atoms with van der Waals surface area (Å²) in [6.07, 6.45) is 9.95. The second kappa shape index (κ2) is 6.54. The van der Waals surface area contributed by atoms with E-state index in [-0.39, 0.29) is 5.41 Å². The Morgan fingerprint density at radius 3 is 2.79 bits per heavy atom. The van der Waals surface area contributed by atoms with Crippen LogP contribution >= 0.6 is 11.8 Å². The lowest BCUT2D eigenvalue weighted by Crippen LogP contribution is -2.55. The molecule has 0 aromatic heterocycles.